The van der Waals surface area contributed by atoms with Gasteiger partial charge in [-0.2, -0.15) is 0 Å². The third-order valence-electron chi connectivity index (χ3n) is 5.23. The summed E-state index contributed by atoms with van der Waals surface area (Å²) in [5.74, 6) is 2.30. The van der Waals surface area contributed by atoms with Gasteiger partial charge in [0.2, 0.25) is 0 Å². The van der Waals surface area contributed by atoms with Crippen LogP contribution in [0, 0.1) is 17.8 Å². The van der Waals surface area contributed by atoms with E-state index in [-0.39, 0.29) is 0 Å². The first-order valence-corrected chi connectivity index (χ1v) is 6.88. The Morgan fingerprint density at radius 1 is 1.19 bits per heavy atom. The Hall–Kier alpha value is -0.120. The number of piperidine rings is 1. The number of rotatable bonds is 0. The van der Waals surface area contributed by atoms with Crippen LogP contribution in [-0.2, 0) is 0 Å². The van der Waals surface area contributed by atoms with E-state index in [4.69, 9.17) is 5.73 Å². The van der Waals surface area contributed by atoms with Gasteiger partial charge in [-0.3, -0.25) is 10.2 Å². The van der Waals surface area contributed by atoms with Gasteiger partial charge in [0.25, 0.3) is 0 Å². The Balaban J connectivity index is 1.78. The predicted octanol–water partition coefficient (Wildman–Crippen LogP) is 1.000. The van der Waals surface area contributed by atoms with Crippen LogP contribution >= 0.6 is 0 Å². The molecule has 6 unspecified atom stereocenters. The van der Waals surface area contributed by atoms with Gasteiger partial charge < -0.3 is 5.73 Å². The number of nitrogens with zero attached hydrogens (tertiary/aromatic N) is 1. The smallest absolute Gasteiger partial charge is 0.0641 e. The van der Waals surface area contributed by atoms with E-state index in [0.29, 0.717) is 24.2 Å². The summed E-state index contributed by atoms with van der Waals surface area (Å²) in [6.45, 7) is 3.60. The lowest BCUT2D eigenvalue weighted by atomic mass is 9.69. The molecule has 3 aliphatic rings. The third-order valence-corrected chi connectivity index (χ3v) is 5.23. The molecule has 0 amide bonds. The summed E-state index contributed by atoms with van der Waals surface area (Å²) < 4.78 is 0. The minimum absolute atomic E-state index is 0.434. The highest BCUT2D eigenvalue weighted by molar-refractivity contribution is 5.03. The molecule has 3 rings (SSSR count). The van der Waals surface area contributed by atoms with Gasteiger partial charge in [0.15, 0.2) is 0 Å². The van der Waals surface area contributed by atoms with Gasteiger partial charge in [-0.15, -0.1) is 0 Å². The third kappa shape index (κ3) is 1.60. The van der Waals surface area contributed by atoms with Crippen molar-refractivity contribution in [3.05, 3.63) is 0 Å². The first-order chi connectivity index (χ1) is 7.66. The van der Waals surface area contributed by atoms with E-state index in [1.54, 1.807) is 0 Å². The molecule has 16 heavy (non-hydrogen) atoms. The van der Waals surface area contributed by atoms with Crippen molar-refractivity contribution in [1.29, 1.82) is 0 Å². The van der Waals surface area contributed by atoms with Gasteiger partial charge in [0.05, 0.1) is 6.17 Å². The second-order valence-electron chi connectivity index (χ2n) is 6.31. The van der Waals surface area contributed by atoms with Crippen LogP contribution in [0.4, 0.5) is 0 Å². The van der Waals surface area contributed by atoms with Gasteiger partial charge in [0.1, 0.15) is 0 Å². The molecule has 0 aromatic heterocycles. The van der Waals surface area contributed by atoms with Crippen LogP contribution in [-0.4, -0.2) is 36.7 Å². The van der Waals surface area contributed by atoms with Gasteiger partial charge in [-0.1, -0.05) is 6.92 Å². The Kier molecular flexibility index (Phi) is 2.73. The normalized spacial score (nSPS) is 53.4. The van der Waals surface area contributed by atoms with Gasteiger partial charge >= 0.3 is 0 Å². The van der Waals surface area contributed by atoms with Crippen LogP contribution < -0.4 is 11.1 Å². The molecule has 2 heterocycles. The predicted molar refractivity (Wildman–Crippen MR) is 65.9 cm³/mol. The van der Waals surface area contributed by atoms with Crippen molar-refractivity contribution in [3.8, 4) is 0 Å². The highest BCUT2D eigenvalue weighted by atomic mass is 15.3. The lowest BCUT2D eigenvalue weighted by Gasteiger charge is -2.49. The summed E-state index contributed by atoms with van der Waals surface area (Å²) >= 11 is 0. The molecule has 92 valence electrons. The molecule has 3 fully saturated rings. The molecule has 0 aromatic carbocycles. The second-order valence-corrected chi connectivity index (χ2v) is 6.31. The largest absolute Gasteiger partial charge is 0.327 e. The topological polar surface area (TPSA) is 41.3 Å². The molecule has 0 bridgehead atoms. The lowest BCUT2D eigenvalue weighted by molar-refractivity contribution is 0.0533. The van der Waals surface area contributed by atoms with E-state index in [1.165, 1.54) is 32.2 Å². The number of likely N-dealkylation sites (tertiary alicyclic amines) is 1. The molecule has 0 spiro atoms. The van der Waals surface area contributed by atoms with Crippen LogP contribution in [0.2, 0.25) is 0 Å². The van der Waals surface area contributed by atoms with Crippen molar-refractivity contribution in [2.75, 3.05) is 13.6 Å². The zero-order chi connectivity index (χ0) is 11.3. The first kappa shape index (κ1) is 11.0. The van der Waals surface area contributed by atoms with E-state index in [1.807, 2.05) is 0 Å². The van der Waals surface area contributed by atoms with Crippen molar-refractivity contribution in [2.24, 2.45) is 23.5 Å². The molecule has 0 radical (unpaired) electrons. The van der Waals surface area contributed by atoms with Crippen LogP contribution in [0.1, 0.15) is 32.6 Å². The highest BCUT2D eigenvalue weighted by Crippen LogP contribution is 2.40. The zero-order valence-electron chi connectivity index (χ0n) is 10.5. The van der Waals surface area contributed by atoms with Crippen LogP contribution in [0.25, 0.3) is 0 Å². The molecule has 3 heteroatoms. The maximum Gasteiger partial charge on any atom is 0.0641 e. The van der Waals surface area contributed by atoms with E-state index in [9.17, 15) is 0 Å². The summed E-state index contributed by atoms with van der Waals surface area (Å²) in [7, 11) is 2.23. The number of hydrogen-bond donors (Lipinski definition) is 2. The summed E-state index contributed by atoms with van der Waals surface area (Å²) in [6, 6.07) is 1.12. The molecule has 0 aromatic rings. The van der Waals surface area contributed by atoms with Crippen molar-refractivity contribution in [1.82, 2.24) is 10.2 Å². The summed E-state index contributed by atoms with van der Waals surface area (Å²) in [6.07, 6.45) is 5.89. The van der Waals surface area contributed by atoms with Crippen molar-refractivity contribution in [3.63, 3.8) is 0 Å². The van der Waals surface area contributed by atoms with Crippen LogP contribution in [0.5, 0.6) is 0 Å². The quantitative estimate of drug-likeness (QED) is 0.644. The average molecular weight is 223 g/mol. The molecule has 2 saturated heterocycles. The van der Waals surface area contributed by atoms with Crippen LogP contribution in [0.3, 0.4) is 0 Å². The Labute approximate surface area is 98.8 Å². The highest BCUT2D eigenvalue weighted by Gasteiger charge is 2.47. The maximum absolute atomic E-state index is 6.53. The molecule has 2 aliphatic heterocycles. The SMILES string of the molecule is CC1CCC2NC3C(CCN3C)C(N)C2C1. The Morgan fingerprint density at radius 3 is 2.81 bits per heavy atom. The summed E-state index contributed by atoms with van der Waals surface area (Å²) in [5, 5.41) is 3.86. The summed E-state index contributed by atoms with van der Waals surface area (Å²) in [5.41, 5.74) is 6.53. The van der Waals surface area contributed by atoms with Gasteiger partial charge in [-0.25, -0.2) is 0 Å². The van der Waals surface area contributed by atoms with E-state index < -0.39 is 0 Å². The Morgan fingerprint density at radius 2 is 2.00 bits per heavy atom. The molecular weight excluding hydrogens is 198 g/mol. The van der Waals surface area contributed by atoms with E-state index in [0.717, 1.165) is 11.8 Å². The molecule has 1 saturated carbocycles. The monoisotopic (exact) mass is 223 g/mol. The van der Waals surface area contributed by atoms with Crippen molar-refractivity contribution >= 4 is 0 Å². The fraction of sp³-hybridized carbons (Fsp3) is 1.00. The molecule has 3 N–H and O–H groups in total. The molecule has 6 atom stereocenters. The van der Waals surface area contributed by atoms with Crippen LogP contribution in [0.15, 0.2) is 0 Å². The van der Waals surface area contributed by atoms with Crippen molar-refractivity contribution < 1.29 is 0 Å². The summed E-state index contributed by atoms with van der Waals surface area (Å²) in [4.78, 5) is 2.46. The number of nitrogens with two attached hydrogens (primary N) is 1. The lowest BCUT2D eigenvalue weighted by Crippen LogP contribution is -2.64. The Bertz CT molecular complexity index is 268. The number of fused-ring (bicyclic) bond motifs is 2. The first-order valence-electron chi connectivity index (χ1n) is 6.88. The van der Waals surface area contributed by atoms with Crippen molar-refractivity contribution in [2.45, 2.75) is 50.9 Å². The fourth-order valence-electron chi connectivity index (χ4n) is 4.22. The average Bonchev–Trinajstić information content (AvgIpc) is 2.63. The van der Waals surface area contributed by atoms with Gasteiger partial charge in [0, 0.05) is 18.0 Å². The minimum Gasteiger partial charge on any atom is -0.327 e. The fourth-order valence-corrected chi connectivity index (χ4v) is 4.22. The second kappa shape index (κ2) is 3.97. The molecule has 3 nitrogen and oxygen atoms in total. The van der Waals surface area contributed by atoms with E-state index in [2.05, 4.69) is 24.2 Å². The number of hydrogen-bond acceptors (Lipinski definition) is 3. The zero-order valence-corrected chi connectivity index (χ0v) is 10.5. The molecule has 1 aliphatic carbocycles. The number of nitrogens with one attached hydrogen (secondary N) is 1. The molecular formula is C13H25N3. The van der Waals surface area contributed by atoms with E-state index >= 15 is 0 Å². The maximum atomic E-state index is 6.53. The standard InChI is InChI=1S/C13H25N3/c1-8-3-4-11-10(7-8)12(14)9-5-6-16(2)13(9)15-11/h8-13,15H,3-7,14H2,1-2H3. The minimum atomic E-state index is 0.434. The van der Waals surface area contributed by atoms with Gasteiger partial charge in [-0.05, 0) is 51.1 Å².